The Balaban J connectivity index is 1.62. The summed E-state index contributed by atoms with van der Waals surface area (Å²) in [6, 6.07) is 11.9. The minimum atomic E-state index is -0.160. The maximum Gasteiger partial charge on any atom is 0.234 e. The van der Waals surface area contributed by atoms with E-state index in [1.54, 1.807) is 49.6 Å². The zero-order chi connectivity index (χ0) is 20.1. The van der Waals surface area contributed by atoms with Crippen molar-refractivity contribution in [2.75, 3.05) is 25.3 Å². The number of pyridine rings is 1. The lowest BCUT2D eigenvalue weighted by Crippen LogP contribution is -2.14. The topological polar surface area (TPSA) is 80.4 Å². The molecule has 2 aromatic carbocycles. The highest BCUT2D eigenvalue weighted by atomic mass is 35.5. The summed E-state index contributed by atoms with van der Waals surface area (Å²) in [6.45, 7) is 0. The third-order valence-corrected chi connectivity index (χ3v) is 5.31. The van der Waals surface area contributed by atoms with Crippen molar-refractivity contribution in [2.24, 2.45) is 0 Å². The number of nitrogens with one attached hydrogen (secondary N) is 2. The number of fused-ring (bicyclic) bond motifs is 1. The van der Waals surface area contributed by atoms with Gasteiger partial charge in [0.15, 0.2) is 5.43 Å². The lowest BCUT2D eigenvalue weighted by Gasteiger charge is -2.09. The lowest BCUT2D eigenvalue weighted by molar-refractivity contribution is -0.113. The van der Waals surface area contributed by atoms with Gasteiger partial charge in [-0.05, 0) is 30.3 Å². The average Bonchev–Trinajstić information content (AvgIpc) is 2.68. The fourth-order valence-electron chi connectivity index (χ4n) is 2.74. The number of thioether (sulfide) groups is 1. The van der Waals surface area contributed by atoms with Gasteiger partial charge >= 0.3 is 0 Å². The maximum atomic E-state index is 12.3. The number of carbonyl (C=O) groups is 1. The van der Waals surface area contributed by atoms with Gasteiger partial charge in [-0.15, -0.1) is 11.8 Å². The molecule has 0 aliphatic heterocycles. The standard InChI is InChI=1S/C20H19ClN2O4S/c1-26-17-7-6-12(8-15(17)21)22-19(25)11-28-10-13-9-16(24)14-4-3-5-18(27-2)20(14)23-13/h3-9H,10-11H2,1-2H3,(H,22,25)(H,23,24). The summed E-state index contributed by atoms with van der Waals surface area (Å²) in [6.07, 6.45) is 0. The molecular weight excluding hydrogens is 400 g/mol. The van der Waals surface area contributed by atoms with Crippen LogP contribution in [-0.2, 0) is 10.5 Å². The molecule has 1 amide bonds. The molecule has 8 heteroatoms. The molecule has 3 rings (SSSR count). The molecule has 2 N–H and O–H groups in total. The van der Waals surface area contributed by atoms with E-state index in [1.165, 1.54) is 18.9 Å². The van der Waals surface area contributed by atoms with Gasteiger partial charge in [-0.1, -0.05) is 17.7 Å². The molecule has 0 atom stereocenters. The van der Waals surface area contributed by atoms with Crippen molar-refractivity contribution in [1.29, 1.82) is 0 Å². The molecular formula is C20H19ClN2O4S. The molecule has 0 bridgehead atoms. The molecule has 3 aromatic rings. The normalized spacial score (nSPS) is 10.7. The zero-order valence-electron chi connectivity index (χ0n) is 15.4. The number of aromatic nitrogens is 1. The van der Waals surface area contributed by atoms with Gasteiger partial charge in [0.1, 0.15) is 11.5 Å². The number of rotatable bonds is 7. The van der Waals surface area contributed by atoms with Gasteiger partial charge < -0.3 is 19.8 Å². The second-order valence-electron chi connectivity index (χ2n) is 5.93. The third kappa shape index (κ3) is 4.61. The van der Waals surface area contributed by atoms with Crippen LogP contribution in [0, 0.1) is 0 Å². The van der Waals surface area contributed by atoms with Crippen LogP contribution in [0.2, 0.25) is 5.02 Å². The molecule has 0 spiro atoms. The van der Waals surface area contributed by atoms with E-state index >= 15 is 0 Å². The monoisotopic (exact) mass is 418 g/mol. The van der Waals surface area contributed by atoms with Crippen LogP contribution in [0.25, 0.3) is 10.9 Å². The number of anilines is 1. The van der Waals surface area contributed by atoms with Gasteiger partial charge in [0.25, 0.3) is 0 Å². The third-order valence-electron chi connectivity index (χ3n) is 4.03. The number of methoxy groups -OCH3 is 2. The van der Waals surface area contributed by atoms with Crippen LogP contribution in [0.3, 0.4) is 0 Å². The fourth-order valence-corrected chi connectivity index (χ4v) is 3.73. The van der Waals surface area contributed by atoms with Gasteiger partial charge in [-0.25, -0.2) is 0 Å². The maximum absolute atomic E-state index is 12.3. The van der Waals surface area contributed by atoms with E-state index in [-0.39, 0.29) is 17.1 Å². The molecule has 28 heavy (non-hydrogen) atoms. The van der Waals surface area contributed by atoms with Gasteiger partial charge in [0.2, 0.25) is 5.91 Å². The van der Waals surface area contributed by atoms with Crippen LogP contribution in [0.4, 0.5) is 5.69 Å². The average molecular weight is 419 g/mol. The molecule has 0 saturated heterocycles. The van der Waals surface area contributed by atoms with Gasteiger partial charge in [-0.3, -0.25) is 9.59 Å². The van der Waals surface area contributed by atoms with Crippen molar-refractivity contribution in [1.82, 2.24) is 4.98 Å². The van der Waals surface area contributed by atoms with Crippen LogP contribution in [0.15, 0.2) is 47.3 Å². The first-order chi connectivity index (χ1) is 13.5. The zero-order valence-corrected chi connectivity index (χ0v) is 16.9. The van der Waals surface area contributed by atoms with Crippen molar-refractivity contribution in [2.45, 2.75) is 5.75 Å². The van der Waals surface area contributed by atoms with Gasteiger partial charge in [-0.2, -0.15) is 0 Å². The Kier molecular flexibility index (Phi) is 6.49. The minimum Gasteiger partial charge on any atom is -0.495 e. The number of benzene rings is 2. The summed E-state index contributed by atoms with van der Waals surface area (Å²) in [7, 11) is 3.09. The molecule has 0 unspecified atom stereocenters. The number of hydrogen-bond donors (Lipinski definition) is 2. The molecule has 0 aliphatic carbocycles. The largest absolute Gasteiger partial charge is 0.495 e. The Morgan fingerprint density at radius 3 is 2.64 bits per heavy atom. The Morgan fingerprint density at radius 2 is 1.93 bits per heavy atom. The van der Waals surface area contributed by atoms with E-state index < -0.39 is 0 Å². The van der Waals surface area contributed by atoms with Crippen molar-refractivity contribution in [3.63, 3.8) is 0 Å². The Bertz CT molecular complexity index is 1070. The molecule has 0 saturated carbocycles. The van der Waals surface area contributed by atoms with Crippen LogP contribution in [0.5, 0.6) is 11.5 Å². The molecule has 1 heterocycles. The van der Waals surface area contributed by atoms with E-state index in [0.717, 1.165) is 5.69 Å². The van der Waals surface area contributed by atoms with Gasteiger partial charge in [0, 0.05) is 28.6 Å². The number of H-pyrrole nitrogens is 1. The van der Waals surface area contributed by atoms with E-state index in [4.69, 9.17) is 21.1 Å². The number of halogens is 1. The first kappa shape index (κ1) is 20.1. The Labute approximate surface area is 171 Å². The van der Waals surface area contributed by atoms with Crippen molar-refractivity contribution in [3.8, 4) is 11.5 Å². The van der Waals surface area contributed by atoms with E-state index in [1.807, 2.05) is 0 Å². The number of amides is 1. The van der Waals surface area contributed by atoms with Crippen molar-refractivity contribution in [3.05, 3.63) is 63.4 Å². The van der Waals surface area contributed by atoms with E-state index in [0.29, 0.717) is 38.9 Å². The lowest BCUT2D eigenvalue weighted by atomic mass is 10.2. The highest BCUT2D eigenvalue weighted by molar-refractivity contribution is 7.99. The highest BCUT2D eigenvalue weighted by Gasteiger charge is 2.09. The fraction of sp³-hybridized carbons (Fsp3) is 0.200. The molecule has 0 fully saturated rings. The number of hydrogen-bond acceptors (Lipinski definition) is 5. The molecule has 6 nitrogen and oxygen atoms in total. The summed E-state index contributed by atoms with van der Waals surface area (Å²) >= 11 is 7.45. The van der Waals surface area contributed by atoms with Crippen LogP contribution < -0.4 is 20.2 Å². The van der Waals surface area contributed by atoms with Gasteiger partial charge in [0.05, 0.1) is 30.5 Å². The summed E-state index contributed by atoms with van der Waals surface area (Å²) in [5.74, 6) is 1.71. The first-order valence-electron chi connectivity index (χ1n) is 8.42. The predicted molar refractivity (Wildman–Crippen MR) is 114 cm³/mol. The molecule has 146 valence electrons. The summed E-state index contributed by atoms with van der Waals surface area (Å²) in [5, 5.41) is 3.79. The van der Waals surface area contributed by atoms with Crippen LogP contribution in [0.1, 0.15) is 5.69 Å². The Hall–Kier alpha value is -2.64. The Morgan fingerprint density at radius 1 is 1.14 bits per heavy atom. The quantitative estimate of drug-likeness (QED) is 0.604. The summed E-state index contributed by atoms with van der Waals surface area (Å²) in [5.41, 5.74) is 1.90. The molecule has 1 aromatic heterocycles. The number of ether oxygens (including phenoxy) is 2. The minimum absolute atomic E-state index is 0.0828. The number of carbonyl (C=O) groups excluding carboxylic acids is 1. The predicted octanol–water partition coefficient (Wildman–Crippen LogP) is 4.07. The van der Waals surface area contributed by atoms with E-state index in [9.17, 15) is 9.59 Å². The number of aromatic amines is 1. The van der Waals surface area contributed by atoms with Crippen LogP contribution >= 0.6 is 23.4 Å². The van der Waals surface area contributed by atoms with Crippen molar-refractivity contribution >= 4 is 45.9 Å². The number of para-hydroxylation sites is 1. The molecule has 0 radical (unpaired) electrons. The summed E-state index contributed by atoms with van der Waals surface area (Å²) < 4.78 is 10.4. The van der Waals surface area contributed by atoms with E-state index in [2.05, 4.69) is 10.3 Å². The second-order valence-corrected chi connectivity index (χ2v) is 7.32. The molecule has 0 aliphatic rings. The second kappa shape index (κ2) is 9.03. The highest BCUT2D eigenvalue weighted by Crippen LogP contribution is 2.27. The van der Waals surface area contributed by atoms with Crippen molar-refractivity contribution < 1.29 is 14.3 Å². The first-order valence-corrected chi connectivity index (χ1v) is 9.95. The summed E-state index contributed by atoms with van der Waals surface area (Å²) in [4.78, 5) is 27.7. The smallest absolute Gasteiger partial charge is 0.234 e. The SMILES string of the molecule is COc1ccc(NC(=O)CSCc2cc(=O)c3cccc(OC)c3[nH]2)cc1Cl. The van der Waals surface area contributed by atoms with Crippen LogP contribution in [-0.4, -0.2) is 30.9 Å².